The zero-order valence-corrected chi connectivity index (χ0v) is 12.2. The summed E-state index contributed by atoms with van der Waals surface area (Å²) in [6.07, 6.45) is 2.16. The van der Waals surface area contributed by atoms with Crippen LogP contribution in [0.25, 0.3) is 0 Å². The Hall–Kier alpha value is -1.84. The first-order valence-corrected chi connectivity index (χ1v) is 7.32. The summed E-state index contributed by atoms with van der Waals surface area (Å²) in [4.78, 5) is 25.8. The summed E-state index contributed by atoms with van der Waals surface area (Å²) in [6.45, 7) is 5.27. The molecule has 0 aromatic heterocycles. The maximum absolute atomic E-state index is 12.1. The van der Waals surface area contributed by atoms with Crippen molar-refractivity contribution in [3.63, 3.8) is 0 Å². The van der Waals surface area contributed by atoms with Gasteiger partial charge in [-0.3, -0.25) is 9.59 Å². The molecule has 1 atom stereocenters. The van der Waals surface area contributed by atoms with Crippen molar-refractivity contribution in [2.24, 2.45) is 5.92 Å². The second-order valence-electron chi connectivity index (χ2n) is 5.22. The number of benzene rings is 1. The number of amides is 2. The van der Waals surface area contributed by atoms with E-state index in [1.165, 1.54) is 5.56 Å². The largest absolute Gasteiger partial charge is 0.356 e. The topological polar surface area (TPSA) is 49.4 Å². The van der Waals surface area contributed by atoms with Gasteiger partial charge in [0.1, 0.15) is 0 Å². The Morgan fingerprint density at radius 3 is 2.90 bits per heavy atom. The average Bonchev–Trinajstić information content (AvgIpc) is 2.87. The van der Waals surface area contributed by atoms with Crippen molar-refractivity contribution < 1.29 is 9.59 Å². The number of rotatable bonds is 5. The minimum absolute atomic E-state index is 0.00524. The molecule has 0 unspecified atom stereocenters. The number of hydrogen-bond acceptors (Lipinski definition) is 2. The second-order valence-corrected chi connectivity index (χ2v) is 5.22. The molecule has 1 aliphatic rings. The van der Waals surface area contributed by atoms with Crippen LogP contribution in [0.3, 0.4) is 0 Å². The lowest BCUT2D eigenvalue weighted by molar-refractivity contribution is -0.126. The van der Waals surface area contributed by atoms with Crippen LogP contribution in [0.4, 0.5) is 5.69 Å². The van der Waals surface area contributed by atoms with Crippen molar-refractivity contribution in [3.8, 4) is 0 Å². The summed E-state index contributed by atoms with van der Waals surface area (Å²) < 4.78 is 0. The van der Waals surface area contributed by atoms with E-state index < -0.39 is 0 Å². The van der Waals surface area contributed by atoms with Gasteiger partial charge in [0.15, 0.2) is 0 Å². The van der Waals surface area contributed by atoms with E-state index in [9.17, 15) is 9.59 Å². The minimum Gasteiger partial charge on any atom is -0.356 e. The Kier molecular flexibility index (Phi) is 4.77. The molecule has 1 aromatic rings. The van der Waals surface area contributed by atoms with Crippen LogP contribution in [-0.2, 0) is 16.0 Å². The normalized spacial score (nSPS) is 18.4. The Balaban J connectivity index is 2.07. The van der Waals surface area contributed by atoms with Crippen LogP contribution < -0.4 is 10.2 Å². The molecule has 0 bridgehead atoms. The van der Waals surface area contributed by atoms with Crippen molar-refractivity contribution in [1.29, 1.82) is 0 Å². The maximum Gasteiger partial charge on any atom is 0.227 e. The molecular formula is C16H22N2O2. The van der Waals surface area contributed by atoms with Gasteiger partial charge < -0.3 is 10.2 Å². The number of carbonyl (C=O) groups excluding carboxylic acids is 2. The van der Waals surface area contributed by atoms with Crippen LogP contribution in [0.5, 0.6) is 0 Å². The lowest BCUT2D eigenvalue weighted by atomic mass is 10.1. The van der Waals surface area contributed by atoms with Crippen LogP contribution in [0.15, 0.2) is 24.3 Å². The van der Waals surface area contributed by atoms with Gasteiger partial charge in [0.05, 0.1) is 5.92 Å². The number of aryl methyl sites for hydroxylation is 1. The number of anilines is 1. The van der Waals surface area contributed by atoms with Gasteiger partial charge in [-0.1, -0.05) is 26.0 Å². The van der Waals surface area contributed by atoms with E-state index in [0.717, 1.165) is 18.5 Å². The lowest BCUT2D eigenvalue weighted by Crippen LogP contribution is -2.33. The van der Waals surface area contributed by atoms with Crippen LogP contribution in [0.2, 0.25) is 0 Å². The smallest absolute Gasteiger partial charge is 0.227 e. The first-order valence-electron chi connectivity index (χ1n) is 7.32. The summed E-state index contributed by atoms with van der Waals surface area (Å²) >= 11 is 0. The molecule has 1 aliphatic heterocycles. The second kappa shape index (κ2) is 6.55. The van der Waals surface area contributed by atoms with E-state index >= 15 is 0 Å². The first-order chi connectivity index (χ1) is 9.65. The van der Waals surface area contributed by atoms with Crippen LogP contribution >= 0.6 is 0 Å². The van der Waals surface area contributed by atoms with Gasteiger partial charge >= 0.3 is 0 Å². The van der Waals surface area contributed by atoms with Crippen molar-refractivity contribution in [1.82, 2.24) is 5.32 Å². The Bertz CT molecular complexity index is 499. The fourth-order valence-corrected chi connectivity index (χ4v) is 2.47. The summed E-state index contributed by atoms with van der Waals surface area (Å²) in [5.41, 5.74) is 2.11. The van der Waals surface area contributed by atoms with E-state index in [4.69, 9.17) is 0 Å². The molecule has 4 heteroatoms. The van der Waals surface area contributed by atoms with Crippen molar-refractivity contribution >= 4 is 17.5 Å². The highest BCUT2D eigenvalue weighted by atomic mass is 16.2. The SMILES string of the molecule is CCCNC(=O)[C@H]1CC(=O)N(c2cccc(CC)c2)C1. The molecule has 1 heterocycles. The van der Waals surface area contributed by atoms with E-state index in [2.05, 4.69) is 18.3 Å². The van der Waals surface area contributed by atoms with Crippen LogP contribution in [0.1, 0.15) is 32.3 Å². The third kappa shape index (κ3) is 3.18. The van der Waals surface area contributed by atoms with Gasteiger partial charge in [-0.15, -0.1) is 0 Å². The standard InChI is InChI=1S/C16H22N2O2/c1-3-8-17-16(20)13-10-15(19)18(11-13)14-7-5-6-12(4-2)9-14/h5-7,9,13H,3-4,8,10-11H2,1-2H3,(H,17,20)/t13-/m0/s1. The van der Waals surface area contributed by atoms with E-state index in [-0.39, 0.29) is 17.7 Å². The zero-order chi connectivity index (χ0) is 14.5. The Morgan fingerprint density at radius 2 is 2.20 bits per heavy atom. The minimum atomic E-state index is -0.223. The van der Waals surface area contributed by atoms with E-state index in [1.807, 2.05) is 25.1 Å². The first kappa shape index (κ1) is 14.6. The average molecular weight is 274 g/mol. The molecule has 2 rings (SSSR count). The Labute approximate surface area is 120 Å². The molecule has 1 N–H and O–H groups in total. The maximum atomic E-state index is 12.1. The molecule has 0 radical (unpaired) electrons. The van der Waals surface area contributed by atoms with E-state index in [0.29, 0.717) is 19.5 Å². The zero-order valence-electron chi connectivity index (χ0n) is 12.2. The van der Waals surface area contributed by atoms with Gasteiger partial charge in [0.25, 0.3) is 0 Å². The highest BCUT2D eigenvalue weighted by Gasteiger charge is 2.34. The van der Waals surface area contributed by atoms with Gasteiger partial charge in [-0.05, 0) is 30.5 Å². The number of nitrogens with zero attached hydrogens (tertiary/aromatic N) is 1. The molecule has 1 fully saturated rings. The van der Waals surface area contributed by atoms with Crippen LogP contribution in [0, 0.1) is 5.92 Å². The summed E-state index contributed by atoms with van der Waals surface area (Å²) in [5.74, 6) is -0.191. The quantitative estimate of drug-likeness (QED) is 0.894. The van der Waals surface area contributed by atoms with Gasteiger partial charge in [0, 0.05) is 25.2 Å². The molecule has 0 spiro atoms. The molecular weight excluding hydrogens is 252 g/mol. The number of nitrogens with one attached hydrogen (secondary N) is 1. The third-order valence-corrected chi connectivity index (χ3v) is 3.68. The molecule has 1 saturated heterocycles. The van der Waals surface area contributed by atoms with E-state index in [1.54, 1.807) is 4.90 Å². The fraction of sp³-hybridized carbons (Fsp3) is 0.500. The molecule has 108 valence electrons. The fourth-order valence-electron chi connectivity index (χ4n) is 2.47. The van der Waals surface area contributed by atoms with Crippen molar-refractivity contribution in [2.45, 2.75) is 33.1 Å². The predicted molar refractivity (Wildman–Crippen MR) is 79.6 cm³/mol. The van der Waals surface area contributed by atoms with Gasteiger partial charge in [-0.2, -0.15) is 0 Å². The molecule has 2 amide bonds. The molecule has 0 saturated carbocycles. The molecule has 4 nitrogen and oxygen atoms in total. The predicted octanol–water partition coefficient (Wildman–Crippen LogP) is 2.13. The molecule has 0 aliphatic carbocycles. The van der Waals surface area contributed by atoms with Crippen LogP contribution in [-0.4, -0.2) is 24.9 Å². The van der Waals surface area contributed by atoms with Crippen molar-refractivity contribution in [2.75, 3.05) is 18.0 Å². The number of hydrogen-bond donors (Lipinski definition) is 1. The lowest BCUT2D eigenvalue weighted by Gasteiger charge is -2.17. The summed E-state index contributed by atoms with van der Waals surface area (Å²) in [7, 11) is 0. The highest BCUT2D eigenvalue weighted by molar-refractivity contribution is 6.00. The Morgan fingerprint density at radius 1 is 1.40 bits per heavy atom. The highest BCUT2D eigenvalue weighted by Crippen LogP contribution is 2.26. The molecule has 20 heavy (non-hydrogen) atoms. The monoisotopic (exact) mass is 274 g/mol. The summed E-state index contributed by atoms with van der Waals surface area (Å²) in [5, 5.41) is 2.87. The van der Waals surface area contributed by atoms with Gasteiger partial charge in [-0.25, -0.2) is 0 Å². The van der Waals surface area contributed by atoms with Gasteiger partial charge in [0.2, 0.25) is 11.8 Å². The molecule has 1 aromatic carbocycles. The summed E-state index contributed by atoms with van der Waals surface area (Å²) in [6, 6.07) is 7.98. The number of carbonyl (C=O) groups is 2. The van der Waals surface area contributed by atoms with Crippen molar-refractivity contribution in [3.05, 3.63) is 29.8 Å². The third-order valence-electron chi connectivity index (χ3n) is 3.68.